The van der Waals surface area contributed by atoms with Crippen molar-refractivity contribution in [1.82, 2.24) is 15.1 Å². The molecular weight excluding hydrogens is 418 g/mol. The van der Waals surface area contributed by atoms with Gasteiger partial charge >= 0.3 is 0 Å². The second-order valence-corrected chi connectivity index (χ2v) is 9.71. The maximum atomic E-state index is 12.9. The van der Waals surface area contributed by atoms with Gasteiger partial charge in [0.15, 0.2) is 0 Å². The van der Waals surface area contributed by atoms with E-state index in [0.29, 0.717) is 32.5 Å². The fourth-order valence-electron chi connectivity index (χ4n) is 5.61. The smallest absolute Gasteiger partial charge is 0.247 e. The first kappa shape index (κ1) is 22.2. The molecule has 2 N–H and O–H groups in total. The summed E-state index contributed by atoms with van der Waals surface area (Å²) in [5.41, 5.74) is 1.52. The van der Waals surface area contributed by atoms with E-state index in [2.05, 4.69) is 16.3 Å². The van der Waals surface area contributed by atoms with Crippen LogP contribution in [0.2, 0.25) is 0 Å². The second-order valence-electron chi connectivity index (χ2n) is 9.71. The van der Waals surface area contributed by atoms with Crippen LogP contribution in [-0.2, 0) is 15.0 Å². The van der Waals surface area contributed by atoms with Gasteiger partial charge in [-0.2, -0.15) is 0 Å². The summed E-state index contributed by atoms with van der Waals surface area (Å²) in [6.45, 7) is 4.00. The molecule has 3 heterocycles. The molecule has 4 atom stereocenters. The molecule has 1 saturated heterocycles. The van der Waals surface area contributed by atoms with Gasteiger partial charge in [-0.05, 0) is 68.5 Å². The van der Waals surface area contributed by atoms with Gasteiger partial charge < -0.3 is 20.1 Å². The van der Waals surface area contributed by atoms with Gasteiger partial charge in [0.05, 0.1) is 18.2 Å². The van der Waals surface area contributed by atoms with Gasteiger partial charge in [-0.1, -0.05) is 12.1 Å². The monoisotopic (exact) mass is 451 g/mol. The molecule has 2 amide bonds. The average Bonchev–Trinajstić information content (AvgIpc) is 3.13. The molecule has 7 nitrogen and oxygen atoms in total. The van der Waals surface area contributed by atoms with Gasteiger partial charge in [-0.25, -0.2) is 0 Å². The highest BCUT2D eigenvalue weighted by Crippen LogP contribution is 2.51. The maximum absolute atomic E-state index is 12.9. The first-order valence-electron chi connectivity index (χ1n) is 12.2. The zero-order chi connectivity index (χ0) is 22.8. The van der Waals surface area contributed by atoms with Gasteiger partial charge in [-0.15, -0.1) is 0 Å². The summed E-state index contributed by atoms with van der Waals surface area (Å²) >= 11 is 0. The Bertz CT molecular complexity index is 974. The number of carbonyl (C=O) groups is 2. The largest absolute Gasteiger partial charge is 0.489 e. The number of aliphatic hydroxyl groups is 1. The Morgan fingerprint density at radius 1 is 1.06 bits per heavy atom. The van der Waals surface area contributed by atoms with E-state index in [1.54, 1.807) is 12.2 Å². The molecule has 1 spiro atoms. The third-order valence-electron chi connectivity index (χ3n) is 7.46. The highest BCUT2D eigenvalue weighted by molar-refractivity contribution is 5.92. The Morgan fingerprint density at radius 2 is 1.94 bits per heavy atom. The highest BCUT2D eigenvalue weighted by atomic mass is 16.5. The summed E-state index contributed by atoms with van der Waals surface area (Å²) in [4.78, 5) is 29.6. The molecule has 1 unspecified atom stereocenters. The Morgan fingerprint density at radius 3 is 2.85 bits per heavy atom. The van der Waals surface area contributed by atoms with Crippen LogP contribution in [0.25, 0.3) is 6.08 Å². The van der Waals surface area contributed by atoms with Crippen LogP contribution in [0.5, 0.6) is 5.75 Å². The number of nitrogens with one attached hydrogen (secondary N) is 1. The van der Waals surface area contributed by atoms with Gasteiger partial charge in [0.1, 0.15) is 11.9 Å². The molecule has 5 rings (SSSR count). The fraction of sp³-hybridized carbons (Fsp3) is 0.538. The van der Waals surface area contributed by atoms with Gasteiger partial charge in [-0.3, -0.25) is 14.5 Å². The molecule has 2 fully saturated rings. The Kier molecular flexibility index (Phi) is 6.25. The molecule has 4 aliphatic rings. The van der Waals surface area contributed by atoms with Crippen LogP contribution in [0.4, 0.5) is 0 Å². The Balaban J connectivity index is 1.48. The molecule has 1 aromatic carbocycles. The maximum Gasteiger partial charge on any atom is 0.247 e. The number of nitrogens with zero attached hydrogens (tertiary/aromatic N) is 2. The summed E-state index contributed by atoms with van der Waals surface area (Å²) in [6, 6.07) is 5.98. The number of aliphatic hydroxyl groups excluding tert-OH is 1. The average molecular weight is 452 g/mol. The van der Waals surface area contributed by atoms with Crippen molar-refractivity contribution in [2.45, 2.75) is 56.1 Å². The minimum absolute atomic E-state index is 0.0399. The topological polar surface area (TPSA) is 82.1 Å². The van der Waals surface area contributed by atoms with Crippen LogP contribution in [0.1, 0.15) is 49.7 Å². The van der Waals surface area contributed by atoms with Crippen LogP contribution >= 0.6 is 0 Å². The third-order valence-corrected chi connectivity index (χ3v) is 7.46. The molecule has 1 saturated carbocycles. The SMILES string of the molecule is O=C1/C=C/[C@@]23CC[C@H](O)C[C@H]2Oc2ccc(cc23)/C=C/C(=O)N2CCCN(CCCCN1)C2. The lowest BCUT2D eigenvalue weighted by molar-refractivity contribution is -0.129. The second kappa shape index (κ2) is 9.31. The van der Waals surface area contributed by atoms with Gasteiger partial charge in [0.2, 0.25) is 11.8 Å². The van der Waals surface area contributed by atoms with Crippen molar-refractivity contribution in [3.05, 3.63) is 47.6 Å². The molecule has 4 bridgehead atoms. The lowest BCUT2D eigenvalue weighted by Crippen LogP contribution is -2.47. The lowest BCUT2D eigenvalue weighted by Gasteiger charge is -2.38. The summed E-state index contributed by atoms with van der Waals surface area (Å²) < 4.78 is 6.25. The molecular formula is C26H33N3O4. The van der Waals surface area contributed by atoms with Crippen LogP contribution in [0, 0.1) is 0 Å². The molecule has 33 heavy (non-hydrogen) atoms. The van der Waals surface area contributed by atoms with Crippen molar-refractivity contribution in [3.63, 3.8) is 0 Å². The molecule has 7 heteroatoms. The predicted octanol–water partition coefficient (Wildman–Crippen LogP) is 2.20. The molecule has 176 valence electrons. The zero-order valence-corrected chi connectivity index (χ0v) is 19.0. The minimum atomic E-state index is -0.446. The van der Waals surface area contributed by atoms with E-state index < -0.39 is 11.5 Å². The normalized spacial score (nSPS) is 34.3. The van der Waals surface area contributed by atoms with E-state index >= 15 is 0 Å². The van der Waals surface area contributed by atoms with Crippen LogP contribution in [0.3, 0.4) is 0 Å². The molecule has 0 aromatic heterocycles. The predicted molar refractivity (Wildman–Crippen MR) is 126 cm³/mol. The molecule has 3 aliphatic heterocycles. The van der Waals surface area contributed by atoms with E-state index in [4.69, 9.17) is 4.74 Å². The number of rotatable bonds is 0. The minimum Gasteiger partial charge on any atom is -0.489 e. The summed E-state index contributed by atoms with van der Waals surface area (Å²) in [5, 5.41) is 13.3. The first-order chi connectivity index (χ1) is 16.0. The van der Waals surface area contributed by atoms with Crippen molar-refractivity contribution in [2.75, 3.05) is 32.8 Å². The first-order valence-corrected chi connectivity index (χ1v) is 12.2. The highest BCUT2D eigenvalue weighted by Gasteiger charge is 2.50. The van der Waals surface area contributed by atoms with Gasteiger partial charge in [0, 0.05) is 37.7 Å². The molecule has 1 aliphatic carbocycles. The Hall–Kier alpha value is -2.64. The third kappa shape index (κ3) is 4.57. The van der Waals surface area contributed by atoms with Crippen LogP contribution < -0.4 is 10.1 Å². The number of ether oxygens (including phenoxy) is 1. The summed E-state index contributed by atoms with van der Waals surface area (Å²) in [7, 11) is 0. The van der Waals surface area contributed by atoms with Crippen molar-refractivity contribution in [2.24, 2.45) is 0 Å². The number of carbonyl (C=O) groups excluding carboxylic acids is 2. The number of fused-ring (bicyclic) bond motifs is 3. The van der Waals surface area contributed by atoms with Crippen molar-refractivity contribution >= 4 is 17.9 Å². The van der Waals surface area contributed by atoms with E-state index in [-0.39, 0.29) is 17.9 Å². The summed E-state index contributed by atoms with van der Waals surface area (Å²) in [5.74, 6) is 0.747. The van der Waals surface area contributed by atoms with Crippen molar-refractivity contribution < 1.29 is 19.4 Å². The van der Waals surface area contributed by atoms with E-state index in [9.17, 15) is 14.7 Å². The van der Waals surface area contributed by atoms with Crippen LogP contribution in [-0.4, -0.2) is 71.8 Å². The van der Waals surface area contributed by atoms with Gasteiger partial charge in [0.25, 0.3) is 0 Å². The quantitative estimate of drug-likeness (QED) is 0.632. The van der Waals surface area contributed by atoms with Crippen molar-refractivity contribution in [3.8, 4) is 5.75 Å². The fourth-order valence-corrected chi connectivity index (χ4v) is 5.61. The van der Waals surface area contributed by atoms with E-state index in [1.807, 2.05) is 29.2 Å². The number of hydrogen-bond donors (Lipinski definition) is 2. The van der Waals surface area contributed by atoms with Crippen molar-refractivity contribution in [1.29, 1.82) is 0 Å². The lowest BCUT2D eigenvalue weighted by atomic mass is 9.67. The molecule has 0 radical (unpaired) electrons. The zero-order valence-electron chi connectivity index (χ0n) is 19.0. The molecule has 1 aromatic rings. The van der Waals surface area contributed by atoms with E-state index in [1.165, 1.54) is 0 Å². The number of benzene rings is 1. The standard InChI is InChI=1S/C26H33N3O4/c30-20-8-10-26-11-9-24(31)27-12-1-2-13-28-14-3-15-29(18-28)25(32)7-5-19-4-6-22(21(26)16-19)33-23(26)17-20/h4-7,9,11,16,20,23,30H,1-3,8,10,12-15,17-18H2,(H,27,31)/b7-5+,11-9+/t20-,23+,26+/m0/s1. The van der Waals surface area contributed by atoms with Crippen LogP contribution in [0.15, 0.2) is 36.4 Å². The Labute approximate surface area is 195 Å². The van der Waals surface area contributed by atoms with E-state index in [0.717, 1.165) is 55.8 Å². The number of hydrogen-bond acceptors (Lipinski definition) is 5. The number of amides is 2. The summed E-state index contributed by atoms with van der Waals surface area (Å²) in [6.07, 6.45) is 11.3.